The van der Waals surface area contributed by atoms with E-state index in [-0.39, 0.29) is 19.1 Å². The van der Waals surface area contributed by atoms with Gasteiger partial charge in [-0.3, -0.25) is 9.69 Å². The molecule has 1 aliphatic rings. The minimum Gasteiger partial charge on any atom is -0.493 e. The van der Waals surface area contributed by atoms with Gasteiger partial charge in [0.1, 0.15) is 12.4 Å². The number of rotatable bonds is 9. The minimum absolute atomic E-state index is 0.209. The number of carbonyl (C=O) groups excluding carboxylic acids is 1. The molecule has 1 aromatic heterocycles. The van der Waals surface area contributed by atoms with Gasteiger partial charge in [-0.25, -0.2) is 0 Å². The zero-order valence-electron chi connectivity index (χ0n) is 21.6. The molecule has 1 fully saturated rings. The molecule has 0 radical (unpaired) electrons. The summed E-state index contributed by atoms with van der Waals surface area (Å²) in [5.41, 5.74) is 2.42. The number of hydrogen-bond acceptors (Lipinski definition) is 7. The maximum atomic E-state index is 13.4. The average Bonchev–Trinajstić information content (AvgIpc) is 3.57. The Morgan fingerprint density at radius 2 is 1.90 bits per heavy atom. The highest BCUT2D eigenvalue weighted by Gasteiger charge is 2.34. The van der Waals surface area contributed by atoms with Crippen LogP contribution in [0.15, 0.2) is 103 Å². The molecule has 7 nitrogen and oxygen atoms in total. The van der Waals surface area contributed by atoms with Gasteiger partial charge in [0.2, 0.25) is 0 Å². The molecular weight excluding hydrogens is 649 g/mol. The number of amidine groups is 1. The molecule has 4 aromatic rings. The molecule has 1 saturated heterocycles. The minimum atomic E-state index is -0.209. The summed E-state index contributed by atoms with van der Waals surface area (Å²) in [6.07, 6.45) is 4.99. The van der Waals surface area contributed by atoms with Gasteiger partial charge in [0.25, 0.3) is 5.91 Å². The number of furan rings is 1. The quantitative estimate of drug-likeness (QED) is 0.101. The first-order valence-corrected chi connectivity index (χ1v) is 14.6. The van der Waals surface area contributed by atoms with Crippen molar-refractivity contribution >= 4 is 74.3 Å². The van der Waals surface area contributed by atoms with Gasteiger partial charge in [0, 0.05) is 20.1 Å². The highest BCUT2D eigenvalue weighted by Crippen LogP contribution is 2.36. The van der Waals surface area contributed by atoms with Crippen molar-refractivity contribution in [1.29, 1.82) is 0 Å². The summed E-state index contributed by atoms with van der Waals surface area (Å²) in [7, 11) is 1.56. The number of carbonyl (C=O) groups is 1. The van der Waals surface area contributed by atoms with Crippen LogP contribution in [-0.2, 0) is 17.9 Å². The summed E-state index contributed by atoms with van der Waals surface area (Å²) in [6, 6.07) is 21.9. The Kier molecular flexibility index (Phi) is 9.51. The lowest BCUT2D eigenvalue weighted by molar-refractivity contribution is -0.122. The van der Waals surface area contributed by atoms with Crippen molar-refractivity contribution in [3.8, 4) is 11.5 Å². The third-order valence-corrected chi connectivity index (χ3v) is 7.94. The van der Waals surface area contributed by atoms with Crippen molar-refractivity contribution in [3.05, 3.63) is 121 Å². The molecule has 1 aliphatic heterocycles. The van der Waals surface area contributed by atoms with Gasteiger partial charge in [0.15, 0.2) is 16.7 Å². The van der Waals surface area contributed by atoms with Crippen LogP contribution in [0.25, 0.3) is 6.08 Å². The van der Waals surface area contributed by atoms with Gasteiger partial charge >= 0.3 is 0 Å². The fourth-order valence-electron chi connectivity index (χ4n) is 3.85. The molecule has 11 heteroatoms. The lowest BCUT2D eigenvalue weighted by Gasteiger charge is -2.13. The van der Waals surface area contributed by atoms with E-state index in [0.29, 0.717) is 37.4 Å². The van der Waals surface area contributed by atoms with E-state index >= 15 is 0 Å². The van der Waals surface area contributed by atoms with Gasteiger partial charge in [-0.15, -0.1) is 5.10 Å². The number of thioether (sulfide) groups is 1. The van der Waals surface area contributed by atoms with Crippen LogP contribution in [-0.4, -0.2) is 29.3 Å². The number of benzene rings is 3. The summed E-state index contributed by atoms with van der Waals surface area (Å²) >= 11 is 16.9. The van der Waals surface area contributed by atoms with Gasteiger partial charge in [-0.05, 0) is 77.5 Å². The van der Waals surface area contributed by atoms with E-state index in [1.54, 1.807) is 56.0 Å². The van der Waals surface area contributed by atoms with E-state index in [4.69, 9.17) is 37.1 Å². The number of amides is 1. The maximum absolute atomic E-state index is 13.4. The highest BCUT2D eigenvalue weighted by atomic mass is 79.9. The molecule has 0 spiro atoms. The summed E-state index contributed by atoms with van der Waals surface area (Å²) < 4.78 is 17.9. The van der Waals surface area contributed by atoms with Crippen LogP contribution in [0, 0.1) is 0 Å². The van der Waals surface area contributed by atoms with Crippen molar-refractivity contribution in [1.82, 2.24) is 4.90 Å². The summed E-state index contributed by atoms with van der Waals surface area (Å²) in [6.45, 7) is 0.466. The second kappa shape index (κ2) is 13.4. The van der Waals surface area contributed by atoms with Gasteiger partial charge in [0.05, 0.1) is 31.0 Å². The van der Waals surface area contributed by atoms with E-state index in [9.17, 15) is 4.79 Å². The summed E-state index contributed by atoms with van der Waals surface area (Å²) in [4.78, 5) is 15.5. The van der Waals surface area contributed by atoms with E-state index in [2.05, 4.69) is 26.1 Å². The van der Waals surface area contributed by atoms with Crippen LogP contribution >= 0.6 is 50.9 Å². The zero-order chi connectivity index (χ0) is 28.8. The average molecular weight is 671 g/mol. The Morgan fingerprint density at radius 1 is 1.02 bits per heavy atom. The van der Waals surface area contributed by atoms with E-state index in [1.165, 1.54) is 16.7 Å². The van der Waals surface area contributed by atoms with Crippen molar-refractivity contribution in [3.63, 3.8) is 0 Å². The molecule has 0 aliphatic carbocycles. The van der Waals surface area contributed by atoms with Gasteiger partial charge in [-0.2, -0.15) is 5.10 Å². The topological polar surface area (TPSA) is 76.6 Å². The highest BCUT2D eigenvalue weighted by molar-refractivity contribution is 9.10. The predicted molar refractivity (Wildman–Crippen MR) is 168 cm³/mol. The van der Waals surface area contributed by atoms with Crippen LogP contribution in [0.3, 0.4) is 0 Å². The van der Waals surface area contributed by atoms with Crippen molar-refractivity contribution in [2.75, 3.05) is 7.11 Å². The Morgan fingerprint density at radius 3 is 2.66 bits per heavy atom. The smallest absolute Gasteiger partial charge is 0.267 e. The fourth-order valence-corrected chi connectivity index (χ4v) is 5.67. The van der Waals surface area contributed by atoms with Crippen LogP contribution in [0.4, 0.5) is 0 Å². The fraction of sp³-hybridized carbons (Fsp3) is 0.100. The largest absolute Gasteiger partial charge is 0.493 e. The molecule has 208 valence electrons. The predicted octanol–water partition coefficient (Wildman–Crippen LogP) is 8.44. The number of halogens is 3. The van der Waals surface area contributed by atoms with Crippen molar-refractivity contribution in [2.45, 2.75) is 13.2 Å². The van der Waals surface area contributed by atoms with Gasteiger partial charge in [-0.1, -0.05) is 63.4 Å². The van der Waals surface area contributed by atoms with Crippen LogP contribution < -0.4 is 9.47 Å². The van der Waals surface area contributed by atoms with E-state index < -0.39 is 0 Å². The molecule has 0 saturated carbocycles. The summed E-state index contributed by atoms with van der Waals surface area (Å²) in [5, 5.41) is 10.1. The molecule has 3 aromatic carbocycles. The molecule has 0 unspecified atom stereocenters. The number of nitrogens with zero attached hydrogens (tertiary/aromatic N) is 3. The molecule has 41 heavy (non-hydrogen) atoms. The van der Waals surface area contributed by atoms with Crippen molar-refractivity contribution < 1.29 is 18.7 Å². The number of ether oxygens (including phenoxy) is 2. The Labute approximate surface area is 259 Å². The van der Waals surface area contributed by atoms with Crippen LogP contribution in [0.2, 0.25) is 10.0 Å². The molecule has 0 bridgehead atoms. The maximum Gasteiger partial charge on any atom is 0.267 e. The number of hydrogen-bond donors (Lipinski definition) is 0. The molecule has 0 atom stereocenters. The second-order valence-electron chi connectivity index (χ2n) is 8.70. The third kappa shape index (κ3) is 7.42. The molecular formula is C30H22BrCl2N3O4S. The van der Waals surface area contributed by atoms with Crippen LogP contribution in [0.5, 0.6) is 11.5 Å². The lowest BCUT2D eigenvalue weighted by Crippen LogP contribution is -2.28. The summed E-state index contributed by atoms with van der Waals surface area (Å²) in [5.74, 6) is 1.47. The van der Waals surface area contributed by atoms with E-state index in [0.717, 1.165) is 21.2 Å². The molecule has 2 heterocycles. The first-order chi connectivity index (χ1) is 19.9. The lowest BCUT2D eigenvalue weighted by atomic mass is 10.1. The molecule has 5 rings (SSSR count). The first kappa shape index (κ1) is 29.0. The second-order valence-corrected chi connectivity index (χ2v) is 11.5. The van der Waals surface area contributed by atoms with Crippen LogP contribution in [0.1, 0.15) is 22.5 Å². The molecule has 1 amide bonds. The Hall–Kier alpha value is -3.50. The van der Waals surface area contributed by atoms with E-state index in [1.807, 2.05) is 42.5 Å². The monoisotopic (exact) mass is 669 g/mol. The normalized spacial score (nSPS) is 15.4. The van der Waals surface area contributed by atoms with Gasteiger partial charge < -0.3 is 13.9 Å². The zero-order valence-corrected chi connectivity index (χ0v) is 25.5. The molecule has 0 N–H and O–H groups in total. The standard InChI is InChI=1S/C30H22BrCl2N3O4S/c1-38-27-13-19(7-10-26(27)40-18-21-8-9-23(32)15-25(21)33)14-28-29(37)36(17-24-6-3-11-39-24)30(41-28)35-34-16-20-4-2-5-22(31)12-20/h2-16H,17-18H2,1H3/b28-14-,34-16+,35-30-. The Balaban J connectivity index is 1.37. The SMILES string of the molecule is COc1cc(/C=C2\S/C(=N\N=C\c3cccc(Br)c3)N(Cc3ccco3)C2=O)ccc1OCc1ccc(Cl)cc1Cl. The number of methoxy groups -OCH3 is 1. The third-order valence-electron chi connectivity index (χ3n) is 5.86. The Bertz CT molecular complexity index is 1660. The first-order valence-electron chi connectivity index (χ1n) is 12.2. The van der Waals surface area contributed by atoms with Crippen molar-refractivity contribution in [2.24, 2.45) is 10.2 Å².